The zero-order chi connectivity index (χ0) is 9.35. The van der Waals surface area contributed by atoms with Crippen LogP contribution in [0.4, 0.5) is 0 Å². The van der Waals surface area contributed by atoms with Gasteiger partial charge in [-0.2, -0.15) is 0 Å². The van der Waals surface area contributed by atoms with Crippen molar-refractivity contribution in [2.75, 3.05) is 6.54 Å². The van der Waals surface area contributed by atoms with Crippen molar-refractivity contribution in [2.45, 2.75) is 32.7 Å². The number of rotatable bonds is 2. The van der Waals surface area contributed by atoms with Crippen molar-refractivity contribution in [1.82, 2.24) is 4.31 Å². The zero-order valence-corrected chi connectivity index (χ0v) is 10.9. The molecular weight excluding hydrogens is 281 g/mol. The maximum Gasteiger partial charge on any atom is 0.0270 e. The van der Waals surface area contributed by atoms with Crippen LogP contribution in [0.3, 0.4) is 0 Å². The molecule has 12 heavy (non-hydrogen) atoms. The fourth-order valence-corrected chi connectivity index (χ4v) is 4.25. The molecule has 0 spiro atoms. The van der Waals surface area contributed by atoms with Crippen LogP contribution in [0.1, 0.15) is 27.2 Å². The average Bonchev–Trinajstić information content (AvgIpc) is 2.25. The van der Waals surface area contributed by atoms with Gasteiger partial charge >= 0.3 is 0 Å². The van der Waals surface area contributed by atoms with Gasteiger partial charge < -0.3 is 0 Å². The second-order valence-electron chi connectivity index (χ2n) is 4.19. The Balaban J connectivity index is 2.66. The molecule has 0 N–H and O–H groups in total. The summed E-state index contributed by atoms with van der Waals surface area (Å²) in [6, 6.07) is 0. The van der Waals surface area contributed by atoms with Gasteiger partial charge in [0.05, 0.1) is 0 Å². The summed E-state index contributed by atoms with van der Waals surface area (Å²) >= 11 is 2.36. The van der Waals surface area contributed by atoms with E-state index in [9.17, 15) is 0 Å². The summed E-state index contributed by atoms with van der Waals surface area (Å²) in [5.74, 6) is 0.697. The second kappa shape index (κ2) is 3.88. The molecular formula is C9H16INS. The molecule has 0 amide bonds. The lowest BCUT2D eigenvalue weighted by molar-refractivity contribution is 0.322. The topological polar surface area (TPSA) is 3.24 Å². The van der Waals surface area contributed by atoms with E-state index in [1.54, 1.807) is 0 Å². The number of hydrogen-bond donors (Lipinski definition) is 0. The first-order valence-corrected chi connectivity index (χ1v) is 7.51. The van der Waals surface area contributed by atoms with Crippen LogP contribution in [0.2, 0.25) is 0 Å². The molecule has 0 aromatic rings. The molecule has 0 bridgehead atoms. The minimum atomic E-state index is 0.343. The molecule has 1 unspecified atom stereocenters. The van der Waals surface area contributed by atoms with Gasteiger partial charge in [0.15, 0.2) is 0 Å². The van der Waals surface area contributed by atoms with Gasteiger partial charge in [0.2, 0.25) is 0 Å². The molecule has 1 rings (SSSR count). The lowest BCUT2D eigenvalue weighted by Crippen LogP contribution is -2.31. The third-order valence-corrected chi connectivity index (χ3v) is 4.82. The Morgan fingerprint density at radius 2 is 2.25 bits per heavy atom. The molecule has 1 aliphatic heterocycles. The Morgan fingerprint density at radius 1 is 1.67 bits per heavy atom. The van der Waals surface area contributed by atoms with Crippen LogP contribution in [0.25, 0.3) is 0 Å². The lowest BCUT2D eigenvalue weighted by Gasteiger charge is -2.27. The van der Waals surface area contributed by atoms with E-state index >= 15 is 0 Å². The quantitative estimate of drug-likeness (QED) is 0.435. The van der Waals surface area contributed by atoms with Crippen LogP contribution in [-0.2, 0) is 0 Å². The second-order valence-corrected chi connectivity index (χ2v) is 5.95. The van der Waals surface area contributed by atoms with Gasteiger partial charge in [0, 0.05) is 33.3 Å². The summed E-state index contributed by atoms with van der Waals surface area (Å²) in [6.45, 7) is 12.0. The van der Waals surface area contributed by atoms with Gasteiger partial charge in [-0.15, -0.1) is 0 Å². The molecule has 0 aliphatic carbocycles. The zero-order valence-electron chi connectivity index (χ0n) is 7.93. The van der Waals surface area contributed by atoms with Gasteiger partial charge in [-0.1, -0.05) is 12.2 Å². The van der Waals surface area contributed by atoms with Gasteiger partial charge in [-0.05, 0) is 42.2 Å². The minimum Gasteiger partial charge on any atom is -0.235 e. The van der Waals surface area contributed by atoms with Gasteiger partial charge in [-0.3, -0.25) is 0 Å². The largest absolute Gasteiger partial charge is 0.235 e. The van der Waals surface area contributed by atoms with Crippen LogP contribution in [0.15, 0.2) is 12.2 Å². The smallest absolute Gasteiger partial charge is 0.0270 e. The van der Waals surface area contributed by atoms with E-state index in [1.807, 2.05) is 9.12 Å². The summed E-state index contributed by atoms with van der Waals surface area (Å²) in [6.07, 6.45) is 1.25. The Bertz CT molecular complexity index is 191. The monoisotopic (exact) mass is 297 g/mol. The summed E-state index contributed by atoms with van der Waals surface area (Å²) in [4.78, 5) is 0. The van der Waals surface area contributed by atoms with Crippen LogP contribution < -0.4 is 0 Å². The lowest BCUT2D eigenvalue weighted by atomic mass is 9.93. The molecule has 0 saturated carbocycles. The highest BCUT2D eigenvalue weighted by Crippen LogP contribution is 2.41. The van der Waals surface area contributed by atoms with Crippen LogP contribution in [0, 0.1) is 5.92 Å². The fraction of sp³-hybridized carbons (Fsp3) is 0.778. The highest BCUT2D eigenvalue weighted by Gasteiger charge is 2.38. The van der Waals surface area contributed by atoms with E-state index in [-0.39, 0.29) is 0 Å². The Hall–Kier alpha value is 0.780. The van der Waals surface area contributed by atoms with Crippen molar-refractivity contribution in [3.05, 3.63) is 12.2 Å². The van der Waals surface area contributed by atoms with E-state index in [4.69, 9.17) is 0 Å². The highest BCUT2D eigenvalue weighted by atomic mass is 127. The first kappa shape index (κ1) is 10.9. The summed E-state index contributed by atoms with van der Waals surface area (Å²) in [5.41, 5.74) is 1.67. The molecule has 1 nitrogen and oxygen atoms in total. The Labute approximate surface area is 91.7 Å². The average molecular weight is 297 g/mol. The normalized spacial score (nSPS) is 29.2. The van der Waals surface area contributed by atoms with Gasteiger partial charge in [0.25, 0.3) is 0 Å². The Kier molecular flexibility index (Phi) is 3.51. The van der Waals surface area contributed by atoms with E-state index in [0.717, 1.165) is 6.54 Å². The minimum absolute atomic E-state index is 0.343. The molecule has 1 heterocycles. The molecule has 0 aromatic heterocycles. The standard InChI is InChI=1S/C9H16INS/c1-7(2)8-5-9(3,4)11(6-8)12-10/h8H,1,5-6H2,2-4H3. The third-order valence-electron chi connectivity index (χ3n) is 2.59. The Morgan fingerprint density at radius 3 is 2.50 bits per heavy atom. The molecule has 1 aliphatic rings. The highest BCUT2D eigenvalue weighted by molar-refractivity contribution is 14.2. The van der Waals surface area contributed by atoms with Crippen LogP contribution in [0.5, 0.6) is 0 Å². The molecule has 1 fully saturated rings. The van der Waals surface area contributed by atoms with Crippen molar-refractivity contribution in [2.24, 2.45) is 5.92 Å². The van der Waals surface area contributed by atoms with Crippen LogP contribution >= 0.6 is 30.3 Å². The van der Waals surface area contributed by atoms with E-state index in [2.05, 4.69) is 52.9 Å². The van der Waals surface area contributed by atoms with Gasteiger partial charge in [0.1, 0.15) is 0 Å². The van der Waals surface area contributed by atoms with Crippen LogP contribution in [-0.4, -0.2) is 16.4 Å². The predicted molar refractivity (Wildman–Crippen MR) is 65.3 cm³/mol. The van der Waals surface area contributed by atoms with Crippen molar-refractivity contribution in [3.63, 3.8) is 0 Å². The SMILES string of the molecule is C=C(C)C1CN(SI)C(C)(C)C1. The number of nitrogens with zero attached hydrogens (tertiary/aromatic N) is 1. The maximum absolute atomic E-state index is 4.03. The molecule has 70 valence electrons. The summed E-state index contributed by atoms with van der Waals surface area (Å²) in [5, 5.41) is 0. The van der Waals surface area contributed by atoms with Crippen molar-refractivity contribution >= 4 is 30.3 Å². The number of hydrogen-bond acceptors (Lipinski definition) is 2. The predicted octanol–water partition coefficient (Wildman–Crippen LogP) is 3.66. The number of halogens is 1. The summed E-state index contributed by atoms with van der Waals surface area (Å²) < 4.78 is 2.45. The maximum atomic E-state index is 4.03. The summed E-state index contributed by atoms with van der Waals surface area (Å²) in [7, 11) is 1.82. The fourth-order valence-electron chi connectivity index (χ4n) is 1.67. The molecule has 1 atom stereocenters. The first-order chi connectivity index (χ1) is 5.47. The van der Waals surface area contributed by atoms with Gasteiger partial charge in [-0.25, -0.2) is 4.31 Å². The molecule has 1 saturated heterocycles. The molecule has 0 aromatic carbocycles. The van der Waals surface area contributed by atoms with Crippen molar-refractivity contribution in [1.29, 1.82) is 0 Å². The molecule has 0 radical (unpaired) electrons. The third kappa shape index (κ3) is 2.17. The van der Waals surface area contributed by atoms with E-state index < -0.39 is 0 Å². The van der Waals surface area contributed by atoms with Crippen molar-refractivity contribution in [3.8, 4) is 0 Å². The van der Waals surface area contributed by atoms with E-state index in [1.165, 1.54) is 12.0 Å². The van der Waals surface area contributed by atoms with Crippen molar-refractivity contribution < 1.29 is 0 Å². The first-order valence-electron chi connectivity index (χ1n) is 4.19. The van der Waals surface area contributed by atoms with E-state index in [0.29, 0.717) is 11.5 Å². The molecule has 3 heteroatoms.